The molecule has 0 bridgehead atoms. The molecule has 0 radical (unpaired) electrons. The molecule has 1 fully saturated rings. The second kappa shape index (κ2) is 6.43. The zero-order valence-corrected chi connectivity index (χ0v) is 10.9. The molecule has 1 saturated carbocycles. The maximum atomic E-state index is 11.8. The summed E-state index contributed by atoms with van der Waals surface area (Å²) in [6.45, 7) is 2.09. The van der Waals surface area contributed by atoms with Crippen LogP contribution in [0.2, 0.25) is 0 Å². The average molecular weight is 247 g/mol. The van der Waals surface area contributed by atoms with Crippen LogP contribution in [0.25, 0.3) is 0 Å². The standard InChI is InChI=1S/C15H21NO2/c1-12-7-5-6-10-14(12)18-11-15(17)16-13-8-3-2-4-9-13/h5-7,10,13H,2-4,8-9,11H2,1H3,(H,16,17). The molecule has 0 saturated heterocycles. The molecule has 3 heteroatoms. The molecule has 3 nitrogen and oxygen atoms in total. The van der Waals surface area contributed by atoms with E-state index in [0.717, 1.165) is 24.2 Å². The van der Waals surface area contributed by atoms with E-state index in [1.54, 1.807) is 0 Å². The Morgan fingerprint density at radius 3 is 2.72 bits per heavy atom. The largest absolute Gasteiger partial charge is 0.484 e. The van der Waals surface area contributed by atoms with E-state index in [1.807, 2.05) is 31.2 Å². The van der Waals surface area contributed by atoms with Crippen LogP contribution in [-0.4, -0.2) is 18.6 Å². The predicted molar refractivity (Wildman–Crippen MR) is 71.7 cm³/mol. The summed E-state index contributed by atoms with van der Waals surface area (Å²) in [5.74, 6) is 0.779. The number of carbonyl (C=O) groups is 1. The monoisotopic (exact) mass is 247 g/mol. The molecule has 98 valence electrons. The van der Waals surface area contributed by atoms with E-state index in [-0.39, 0.29) is 12.5 Å². The highest BCUT2D eigenvalue weighted by Crippen LogP contribution is 2.18. The van der Waals surface area contributed by atoms with Gasteiger partial charge in [0, 0.05) is 6.04 Å². The topological polar surface area (TPSA) is 38.3 Å². The lowest BCUT2D eigenvalue weighted by atomic mass is 9.95. The fraction of sp³-hybridized carbons (Fsp3) is 0.533. The van der Waals surface area contributed by atoms with Crippen LogP contribution in [0.3, 0.4) is 0 Å². The van der Waals surface area contributed by atoms with Crippen molar-refractivity contribution in [3.63, 3.8) is 0 Å². The number of amides is 1. The highest BCUT2D eigenvalue weighted by atomic mass is 16.5. The van der Waals surface area contributed by atoms with E-state index < -0.39 is 0 Å². The van der Waals surface area contributed by atoms with Gasteiger partial charge in [0.1, 0.15) is 5.75 Å². The normalized spacial score (nSPS) is 16.3. The third-order valence-electron chi connectivity index (χ3n) is 3.42. The summed E-state index contributed by atoms with van der Waals surface area (Å²) in [6, 6.07) is 8.11. The Labute approximate surface area is 109 Å². The van der Waals surface area contributed by atoms with Crippen molar-refractivity contribution >= 4 is 5.91 Å². The fourth-order valence-corrected chi connectivity index (χ4v) is 2.38. The Kier molecular flexibility index (Phi) is 4.62. The summed E-state index contributed by atoms with van der Waals surface area (Å²) in [6.07, 6.45) is 5.96. The van der Waals surface area contributed by atoms with E-state index in [4.69, 9.17) is 4.74 Å². The first-order valence-electron chi connectivity index (χ1n) is 6.73. The maximum Gasteiger partial charge on any atom is 0.258 e. The van der Waals surface area contributed by atoms with Crippen molar-refractivity contribution in [2.24, 2.45) is 0 Å². The lowest BCUT2D eigenvalue weighted by Crippen LogP contribution is -2.39. The number of hydrogen-bond donors (Lipinski definition) is 1. The molecular weight excluding hydrogens is 226 g/mol. The molecule has 0 aromatic heterocycles. The minimum atomic E-state index is -0.00912. The Bertz CT molecular complexity index is 397. The van der Waals surface area contributed by atoms with Crippen molar-refractivity contribution in [3.8, 4) is 5.75 Å². The number of rotatable bonds is 4. The van der Waals surface area contributed by atoms with Gasteiger partial charge in [0.15, 0.2) is 6.61 Å². The minimum absolute atomic E-state index is 0.00912. The van der Waals surface area contributed by atoms with Crippen LogP contribution < -0.4 is 10.1 Å². The van der Waals surface area contributed by atoms with E-state index in [1.165, 1.54) is 19.3 Å². The Hall–Kier alpha value is -1.51. The van der Waals surface area contributed by atoms with E-state index in [0.29, 0.717) is 6.04 Å². The quantitative estimate of drug-likeness (QED) is 0.888. The Balaban J connectivity index is 1.76. The van der Waals surface area contributed by atoms with Crippen molar-refractivity contribution in [1.82, 2.24) is 5.32 Å². The number of hydrogen-bond acceptors (Lipinski definition) is 2. The number of benzene rings is 1. The second-order valence-corrected chi connectivity index (χ2v) is 4.96. The molecule has 1 amide bonds. The van der Waals surface area contributed by atoms with E-state index in [2.05, 4.69) is 5.32 Å². The zero-order valence-electron chi connectivity index (χ0n) is 10.9. The number of nitrogens with one attached hydrogen (secondary N) is 1. The first-order chi connectivity index (χ1) is 8.75. The predicted octanol–water partition coefficient (Wildman–Crippen LogP) is 2.82. The van der Waals surface area contributed by atoms with Gasteiger partial charge in [-0.25, -0.2) is 0 Å². The molecule has 0 aliphatic heterocycles. The zero-order chi connectivity index (χ0) is 12.8. The third-order valence-corrected chi connectivity index (χ3v) is 3.42. The lowest BCUT2D eigenvalue weighted by molar-refractivity contribution is -0.124. The molecule has 1 aromatic rings. The van der Waals surface area contributed by atoms with Gasteiger partial charge in [-0.15, -0.1) is 0 Å². The molecule has 0 spiro atoms. The number of ether oxygens (including phenoxy) is 1. The molecule has 0 unspecified atom stereocenters. The van der Waals surface area contributed by atoms with Gasteiger partial charge in [0.2, 0.25) is 0 Å². The van der Waals surface area contributed by atoms with Crippen LogP contribution in [0.4, 0.5) is 0 Å². The van der Waals surface area contributed by atoms with Crippen LogP contribution in [0.15, 0.2) is 24.3 Å². The maximum absolute atomic E-state index is 11.8. The average Bonchev–Trinajstić information content (AvgIpc) is 2.39. The Morgan fingerprint density at radius 2 is 2.00 bits per heavy atom. The Morgan fingerprint density at radius 1 is 1.28 bits per heavy atom. The first-order valence-corrected chi connectivity index (χ1v) is 6.73. The minimum Gasteiger partial charge on any atom is -0.484 e. The van der Waals surface area contributed by atoms with Gasteiger partial charge in [-0.05, 0) is 31.4 Å². The molecule has 1 aliphatic carbocycles. The number of carbonyl (C=O) groups excluding carboxylic acids is 1. The van der Waals surface area contributed by atoms with Crippen LogP contribution in [0.5, 0.6) is 5.75 Å². The number of para-hydroxylation sites is 1. The van der Waals surface area contributed by atoms with Gasteiger partial charge in [0.25, 0.3) is 5.91 Å². The second-order valence-electron chi connectivity index (χ2n) is 4.96. The lowest BCUT2D eigenvalue weighted by Gasteiger charge is -2.22. The molecule has 1 aliphatic rings. The van der Waals surface area contributed by atoms with Gasteiger partial charge >= 0.3 is 0 Å². The SMILES string of the molecule is Cc1ccccc1OCC(=O)NC1CCCCC1. The van der Waals surface area contributed by atoms with Crippen LogP contribution in [-0.2, 0) is 4.79 Å². The highest BCUT2D eigenvalue weighted by Gasteiger charge is 2.15. The number of aryl methyl sites for hydroxylation is 1. The molecule has 0 atom stereocenters. The third kappa shape index (κ3) is 3.76. The van der Waals surface area contributed by atoms with Gasteiger partial charge < -0.3 is 10.1 Å². The van der Waals surface area contributed by atoms with E-state index in [9.17, 15) is 4.79 Å². The fourth-order valence-electron chi connectivity index (χ4n) is 2.38. The van der Waals surface area contributed by atoms with Crippen molar-refractivity contribution in [2.75, 3.05) is 6.61 Å². The molecule has 1 N–H and O–H groups in total. The smallest absolute Gasteiger partial charge is 0.258 e. The summed E-state index contributed by atoms with van der Waals surface area (Å²) in [4.78, 5) is 11.8. The van der Waals surface area contributed by atoms with Gasteiger partial charge in [-0.1, -0.05) is 37.5 Å². The molecule has 18 heavy (non-hydrogen) atoms. The summed E-state index contributed by atoms with van der Waals surface area (Å²) in [5.41, 5.74) is 1.06. The molecular formula is C15H21NO2. The van der Waals surface area contributed by atoms with Gasteiger partial charge in [-0.3, -0.25) is 4.79 Å². The highest BCUT2D eigenvalue weighted by molar-refractivity contribution is 5.77. The van der Waals surface area contributed by atoms with Crippen molar-refractivity contribution < 1.29 is 9.53 Å². The van der Waals surface area contributed by atoms with Crippen LogP contribution >= 0.6 is 0 Å². The van der Waals surface area contributed by atoms with Gasteiger partial charge in [0.05, 0.1) is 0 Å². The molecule has 0 heterocycles. The van der Waals surface area contributed by atoms with Crippen molar-refractivity contribution in [3.05, 3.63) is 29.8 Å². The molecule has 2 rings (SSSR count). The summed E-state index contributed by atoms with van der Waals surface area (Å²) in [5, 5.41) is 3.04. The molecule has 1 aromatic carbocycles. The van der Waals surface area contributed by atoms with Gasteiger partial charge in [-0.2, -0.15) is 0 Å². The van der Waals surface area contributed by atoms with Crippen molar-refractivity contribution in [2.45, 2.75) is 45.1 Å². The van der Waals surface area contributed by atoms with Crippen LogP contribution in [0.1, 0.15) is 37.7 Å². The summed E-state index contributed by atoms with van der Waals surface area (Å²) >= 11 is 0. The van der Waals surface area contributed by atoms with Crippen LogP contribution in [0, 0.1) is 6.92 Å². The summed E-state index contributed by atoms with van der Waals surface area (Å²) in [7, 11) is 0. The van der Waals surface area contributed by atoms with E-state index >= 15 is 0 Å². The first kappa shape index (κ1) is 12.9. The van der Waals surface area contributed by atoms with Crippen molar-refractivity contribution in [1.29, 1.82) is 0 Å². The summed E-state index contributed by atoms with van der Waals surface area (Å²) < 4.78 is 5.53.